The molecule has 0 aliphatic rings. The minimum atomic E-state index is 0.362. The van der Waals surface area contributed by atoms with E-state index in [1.54, 1.807) is 18.9 Å². The van der Waals surface area contributed by atoms with Crippen molar-refractivity contribution >= 4 is 28.0 Å². The van der Waals surface area contributed by atoms with Crippen LogP contribution in [0.1, 0.15) is 5.56 Å². The minimum Gasteiger partial charge on any atom is -0.493 e. The van der Waals surface area contributed by atoms with E-state index in [-0.39, 0.29) is 0 Å². The molecule has 0 fully saturated rings. The average Bonchev–Trinajstić information content (AvgIpc) is 3.05. The fraction of sp³-hybridized carbons (Fsp3) is 0.200. The Morgan fingerprint density at radius 1 is 1.18 bits per heavy atom. The number of nitrogens with zero attached hydrogens (tertiary/aromatic N) is 3. The van der Waals surface area contributed by atoms with Crippen LogP contribution in [0.25, 0.3) is 11.3 Å². The van der Waals surface area contributed by atoms with Gasteiger partial charge in [-0.2, -0.15) is 5.10 Å². The number of hydrazine groups is 1. The van der Waals surface area contributed by atoms with E-state index in [2.05, 4.69) is 26.5 Å². The molecule has 8 heteroatoms. The molecule has 3 aromatic rings. The van der Waals surface area contributed by atoms with Gasteiger partial charge in [0.2, 0.25) is 6.41 Å². The van der Waals surface area contributed by atoms with Crippen LogP contribution in [0.4, 0.5) is 5.69 Å². The standard InChI is InChI=1S/C20H21BrN4O3/c1-24-12-17(21)20(23-24)15-5-4-6-16(10-15)22-25(13-26)11-14-7-8-18(27-2)19(9-14)28-3/h4-10,12-13,22H,11H2,1-3H3. The Morgan fingerprint density at radius 3 is 2.61 bits per heavy atom. The maximum absolute atomic E-state index is 11.6. The summed E-state index contributed by atoms with van der Waals surface area (Å²) in [6.07, 6.45) is 2.64. The molecular weight excluding hydrogens is 424 g/mol. The molecule has 1 aromatic heterocycles. The lowest BCUT2D eigenvalue weighted by Crippen LogP contribution is -2.27. The van der Waals surface area contributed by atoms with Gasteiger partial charge in [0.25, 0.3) is 0 Å². The Hall–Kier alpha value is -3.00. The largest absolute Gasteiger partial charge is 0.493 e. The lowest BCUT2D eigenvalue weighted by Gasteiger charge is -2.20. The van der Waals surface area contributed by atoms with Crippen molar-refractivity contribution in [3.05, 3.63) is 58.7 Å². The van der Waals surface area contributed by atoms with Crippen LogP contribution in [-0.2, 0) is 18.4 Å². The summed E-state index contributed by atoms with van der Waals surface area (Å²) >= 11 is 3.52. The lowest BCUT2D eigenvalue weighted by molar-refractivity contribution is -0.117. The van der Waals surface area contributed by atoms with Gasteiger partial charge in [0.1, 0.15) is 5.69 Å². The fourth-order valence-electron chi connectivity index (χ4n) is 2.84. The maximum atomic E-state index is 11.6. The van der Waals surface area contributed by atoms with E-state index in [9.17, 15) is 4.79 Å². The van der Waals surface area contributed by atoms with Crippen molar-refractivity contribution in [1.29, 1.82) is 0 Å². The van der Waals surface area contributed by atoms with Gasteiger partial charge in [-0.15, -0.1) is 0 Å². The zero-order chi connectivity index (χ0) is 20.1. The van der Waals surface area contributed by atoms with Crippen molar-refractivity contribution in [3.8, 4) is 22.8 Å². The summed E-state index contributed by atoms with van der Waals surface area (Å²) in [6.45, 7) is 0.362. The molecule has 0 aliphatic carbocycles. The van der Waals surface area contributed by atoms with Gasteiger partial charge < -0.3 is 9.47 Å². The zero-order valence-corrected chi connectivity index (χ0v) is 17.4. The molecule has 7 nitrogen and oxygen atoms in total. The van der Waals surface area contributed by atoms with Gasteiger partial charge in [0, 0.05) is 18.8 Å². The van der Waals surface area contributed by atoms with Crippen molar-refractivity contribution in [1.82, 2.24) is 14.8 Å². The Morgan fingerprint density at radius 2 is 1.96 bits per heavy atom. The number of nitrogens with one attached hydrogen (secondary N) is 1. The molecule has 28 heavy (non-hydrogen) atoms. The molecule has 0 bridgehead atoms. The number of aryl methyl sites for hydroxylation is 1. The minimum absolute atomic E-state index is 0.362. The zero-order valence-electron chi connectivity index (χ0n) is 15.8. The van der Waals surface area contributed by atoms with E-state index >= 15 is 0 Å². The molecule has 1 N–H and O–H groups in total. The molecule has 0 unspecified atom stereocenters. The highest BCUT2D eigenvalue weighted by molar-refractivity contribution is 9.10. The van der Waals surface area contributed by atoms with Crippen LogP contribution in [0, 0.1) is 0 Å². The lowest BCUT2D eigenvalue weighted by atomic mass is 10.1. The van der Waals surface area contributed by atoms with E-state index in [1.807, 2.05) is 55.7 Å². The first-order chi connectivity index (χ1) is 13.5. The predicted octanol–water partition coefficient (Wildman–Crippen LogP) is 3.85. The molecule has 146 valence electrons. The molecule has 0 aliphatic heterocycles. The highest BCUT2D eigenvalue weighted by Crippen LogP contribution is 2.29. The summed E-state index contributed by atoms with van der Waals surface area (Å²) in [6, 6.07) is 13.3. The van der Waals surface area contributed by atoms with Crippen LogP contribution in [0.15, 0.2) is 53.1 Å². The number of methoxy groups -OCH3 is 2. The molecule has 2 aromatic carbocycles. The Bertz CT molecular complexity index is 974. The van der Waals surface area contributed by atoms with Gasteiger partial charge in [-0.05, 0) is 45.8 Å². The van der Waals surface area contributed by atoms with Crippen LogP contribution in [0.5, 0.6) is 11.5 Å². The summed E-state index contributed by atoms with van der Waals surface area (Å²) in [5, 5.41) is 5.92. The average molecular weight is 445 g/mol. The summed E-state index contributed by atoms with van der Waals surface area (Å²) in [5.41, 5.74) is 6.58. The van der Waals surface area contributed by atoms with Crippen LogP contribution in [0.2, 0.25) is 0 Å². The van der Waals surface area contributed by atoms with E-state index in [1.165, 1.54) is 5.01 Å². The number of halogens is 1. The van der Waals surface area contributed by atoms with Gasteiger partial charge >= 0.3 is 0 Å². The number of carbonyl (C=O) groups is 1. The third kappa shape index (κ3) is 4.45. The van der Waals surface area contributed by atoms with Crippen molar-refractivity contribution in [3.63, 3.8) is 0 Å². The number of aromatic nitrogens is 2. The van der Waals surface area contributed by atoms with E-state index in [0.29, 0.717) is 18.0 Å². The topological polar surface area (TPSA) is 68.6 Å². The van der Waals surface area contributed by atoms with Gasteiger partial charge in [0.15, 0.2) is 11.5 Å². The number of rotatable bonds is 8. The second kappa shape index (κ2) is 8.79. The molecule has 0 saturated heterocycles. The SMILES string of the molecule is COc1ccc(CN(C=O)Nc2cccc(-c3nn(C)cc3Br)c2)cc1OC. The third-order valence-electron chi connectivity index (χ3n) is 4.12. The molecule has 0 atom stereocenters. The monoisotopic (exact) mass is 444 g/mol. The molecule has 0 saturated carbocycles. The van der Waals surface area contributed by atoms with Gasteiger partial charge in [-0.1, -0.05) is 18.2 Å². The summed E-state index contributed by atoms with van der Waals surface area (Å²) in [7, 11) is 5.04. The number of hydrogen-bond donors (Lipinski definition) is 1. The summed E-state index contributed by atoms with van der Waals surface area (Å²) < 4.78 is 13.2. The highest BCUT2D eigenvalue weighted by Gasteiger charge is 2.11. The van der Waals surface area contributed by atoms with Gasteiger partial charge in [-0.3, -0.25) is 19.9 Å². The Balaban J connectivity index is 1.77. The molecular formula is C20H21BrN4O3. The first-order valence-electron chi connectivity index (χ1n) is 8.53. The molecule has 1 heterocycles. The van der Waals surface area contributed by atoms with Crippen LogP contribution in [-0.4, -0.2) is 35.4 Å². The molecule has 0 spiro atoms. The van der Waals surface area contributed by atoms with Crippen molar-refractivity contribution in [2.24, 2.45) is 7.05 Å². The van der Waals surface area contributed by atoms with E-state index in [0.717, 1.165) is 33.4 Å². The number of benzene rings is 2. The Kier molecular flexibility index (Phi) is 6.20. The highest BCUT2D eigenvalue weighted by atomic mass is 79.9. The second-order valence-electron chi connectivity index (χ2n) is 6.11. The number of amides is 1. The van der Waals surface area contributed by atoms with E-state index < -0.39 is 0 Å². The number of carbonyl (C=O) groups excluding carboxylic acids is 1. The fourth-order valence-corrected chi connectivity index (χ4v) is 3.44. The van der Waals surface area contributed by atoms with Crippen molar-refractivity contribution < 1.29 is 14.3 Å². The van der Waals surface area contributed by atoms with Gasteiger partial charge in [0.05, 0.1) is 30.9 Å². The smallest absolute Gasteiger partial charge is 0.228 e. The molecule has 1 amide bonds. The van der Waals surface area contributed by atoms with E-state index in [4.69, 9.17) is 9.47 Å². The first-order valence-corrected chi connectivity index (χ1v) is 9.32. The molecule has 0 radical (unpaired) electrons. The van der Waals surface area contributed by atoms with Crippen LogP contribution < -0.4 is 14.9 Å². The van der Waals surface area contributed by atoms with Gasteiger partial charge in [-0.25, -0.2) is 0 Å². The van der Waals surface area contributed by atoms with Crippen molar-refractivity contribution in [2.45, 2.75) is 6.54 Å². The third-order valence-corrected chi connectivity index (χ3v) is 4.70. The summed E-state index contributed by atoms with van der Waals surface area (Å²) in [5.74, 6) is 1.26. The quantitative estimate of drug-likeness (QED) is 0.422. The summed E-state index contributed by atoms with van der Waals surface area (Å²) in [4.78, 5) is 11.6. The number of anilines is 1. The van der Waals surface area contributed by atoms with Crippen LogP contribution in [0.3, 0.4) is 0 Å². The maximum Gasteiger partial charge on any atom is 0.228 e. The van der Waals surface area contributed by atoms with Crippen molar-refractivity contribution in [2.75, 3.05) is 19.6 Å². The number of hydrogen-bond acceptors (Lipinski definition) is 5. The normalized spacial score (nSPS) is 10.4. The number of ether oxygens (including phenoxy) is 2. The van der Waals surface area contributed by atoms with Crippen LogP contribution >= 0.6 is 15.9 Å². The second-order valence-corrected chi connectivity index (χ2v) is 6.97. The molecule has 3 rings (SSSR count). The predicted molar refractivity (Wildman–Crippen MR) is 111 cm³/mol. The Labute approximate surface area is 172 Å². The first kappa shape index (κ1) is 19.8.